The number of ether oxygens (including phenoxy) is 1. The van der Waals surface area contributed by atoms with Crippen LogP contribution in [0.1, 0.15) is 12.6 Å². The van der Waals surface area contributed by atoms with Gasteiger partial charge in [0.1, 0.15) is 18.1 Å². The minimum atomic E-state index is -5.72. The van der Waals surface area contributed by atoms with Crippen molar-refractivity contribution in [1.82, 2.24) is 9.55 Å². The molecule has 0 aliphatic carbocycles. The van der Waals surface area contributed by atoms with Gasteiger partial charge in [0.05, 0.1) is 12.7 Å². The van der Waals surface area contributed by atoms with Crippen molar-refractivity contribution in [2.45, 2.75) is 24.9 Å². The van der Waals surface area contributed by atoms with E-state index in [0.717, 1.165) is 4.57 Å². The Morgan fingerprint density at radius 3 is 2.41 bits per heavy atom. The Labute approximate surface area is 206 Å². The van der Waals surface area contributed by atoms with Crippen molar-refractivity contribution in [3.8, 4) is 11.1 Å². The number of nitrogens with zero attached hydrogens (tertiary/aromatic N) is 5. The zero-order chi connectivity index (χ0) is 27.6. The van der Waals surface area contributed by atoms with Crippen LogP contribution in [-0.4, -0.2) is 53.0 Å². The summed E-state index contributed by atoms with van der Waals surface area (Å²) in [6.45, 7) is -0.910. The molecule has 1 fully saturated rings. The van der Waals surface area contributed by atoms with E-state index in [0.29, 0.717) is 16.8 Å². The number of hydrogen-bond acceptors (Lipinski definition) is 12. The maximum Gasteiger partial charge on any atom is 0.490 e. The number of aliphatic hydroxyl groups is 1. The van der Waals surface area contributed by atoms with Gasteiger partial charge in [-0.05, 0) is 11.1 Å². The van der Waals surface area contributed by atoms with Gasteiger partial charge in [-0.3, -0.25) is 9.09 Å². The third-order valence-corrected chi connectivity index (χ3v) is 8.45. The number of rotatable bonds is 10. The van der Waals surface area contributed by atoms with E-state index < -0.39 is 54.2 Å². The van der Waals surface area contributed by atoms with E-state index in [-0.39, 0.29) is 12.2 Å². The molecule has 37 heavy (non-hydrogen) atoms. The van der Waals surface area contributed by atoms with E-state index in [4.69, 9.17) is 25.8 Å². The molecule has 2 aromatic rings. The first-order chi connectivity index (χ1) is 17.1. The maximum atomic E-state index is 12.4. The number of azide groups is 1. The third kappa shape index (κ3) is 8.01. The first kappa shape index (κ1) is 29.1. The van der Waals surface area contributed by atoms with E-state index in [9.17, 15) is 33.4 Å². The molecule has 0 saturated carbocycles. The molecule has 0 bridgehead atoms. The highest BCUT2D eigenvalue weighted by Gasteiger charge is 2.43. The lowest BCUT2D eigenvalue weighted by Gasteiger charge is -2.19. The molecular weight excluding hydrogens is 565 g/mol. The van der Waals surface area contributed by atoms with Crippen molar-refractivity contribution in [3.05, 3.63) is 51.4 Å². The monoisotopic (exact) mass is 584 g/mol. The number of nitrogens with two attached hydrogens (primary N) is 1. The molecule has 1 aliphatic heterocycles. The largest absolute Gasteiger partial charge is 0.490 e. The predicted molar refractivity (Wildman–Crippen MR) is 122 cm³/mol. The summed E-state index contributed by atoms with van der Waals surface area (Å²) >= 11 is 0. The second-order valence-electron chi connectivity index (χ2n) is 7.28. The number of hydrogen-bond donors (Lipinski definition) is 6. The molecule has 1 aliphatic rings. The van der Waals surface area contributed by atoms with E-state index in [1.807, 2.05) is 0 Å². The minimum Gasteiger partial charge on any atom is -0.390 e. The van der Waals surface area contributed by atoms with Gasteiger partial charge >= 0.3 is 29.2 Å². The zero-order valence-electron chi connectivity index (χ0n) is 18.2. The molecule has 1 aromatic heterocycles. The van der Waals surface area contributed by atoms with Gasteiger partial charge in [-0.25, -0.2) is 18.5 Å². The van der Waals surface area contributed by atoms with E-state index in [1.54, 1.807) is 12.1 Å². The van der Waals surface area contributed by atoms with Crippen LogP contribution in [0.4, 0.5) is 11.5 Å². The SMILES string of the molecule is [N-]=[N+]=Nc1ccc(-c2cn([C@H]3C[C@H](O)[C@@H](COP(=O)(O)OP(=O)(O)OP(=O)(O)O)O3)c(=O)nc2N)cc1. The Balaban J connectivity index is 1.73. The predicted octanol–water partition coefficient (Wildman–Crippen LogP) is 1.43. The lowest BCUT2D eigenvalue weighted by atomic mass is 10.1. The van der Waals surface area contributed by atoms with Crippen LogP contribution in [0.15, 0.2) is 40.4 Å². The van der Waals surface area contributed by atoms with Crippen molar-refractivity contribution >= 4 is 35.0 Å². The van der Waals surface area contributed by atoms with Crippen molar-refractivity contribution in [3.63, 3.8) is 0 Å². The van der Waals surface area contributed by atoms with Crippen LogP contribution in [-0.2, 0) is 31.6 Å². The third-order valence-electron chi connectivity index (χ3n) is 4.65. The fourth-order valence-corrected chi connectivity index (χ4v) is 6.21. The molecule has 2 heterocycles. The average Bonchev–Trinajstić information content (AvgIpc) is 3.11. The summed E-state index contributed by atoms with van der Waals surface area (Å²) < 4.78 is 52.2. The molecule has 1 aromatic carbocycles. The summed E-state index contributed by atoms with van der Waals surface area (Å²) in [4.78, 5) is 54.7. The van der Waals surface area contributed by atoms with Crippen LogP contribution in [0, 0.1) is 0 Å². The standard InChI is InChI=1S/C15H19N6O13P3/c16-14-10(8-1-3-9(4-2-8)19-20-17)6-21(15(23)18-14)13-5-11(22)12(32-13)7-31-36(27,28)34-37(29,30)33-35(24,25)26/h1-4,6,11-13,22H,5,7H2,(H,27,28)(H,29,30)(H2,16,18,23)(H2,24,25,26)/t11-,12+,13+/m0/s1. The Bertz CT molecular complexity index is 1410. The molecule has 0 amide bonds. The molecule has 19 nitrogen and oxygen atoms in total. The highest BCUT2D eigenvalue weighted by atomic mass is 31.3. The number of benzene rings is 1. The highest BCUT2D eigenvalue weighted by Crippen LogP contribution is 2.66. The quantitative estimate of drug-likeness (QED) is 0.0995. The number of phosphoric acid groups is 3. The number of phosphoric ester groups is 1. The average molecular weight is 584 g/mol. The molecule has 3 rings (SSSR count). The Hall–Kier alpha value is -2.46. The van der Waals surface area contributed by atoms with Gasteiger partial charge in [0.2, 0.25) is 0 Å². The minimum absolute atomic E-state index is 0.125. The molecule has 7 N–H and O–H groups in total. The number of nitrogen functional groups attached to an aromatic ring is 1. The number of aromatic nitrogens is 2. The normalized spacial score (nSPS) is 23.1. The van der Waals surface area contributed by atoms with E-state index in [1.165, 1.54) is 18.3 Å². The topological polar surface area (TPSA) is 299 Å². The Morgan fingerprint density at radius 2 is 1.81 bits per heavy atom. The van der Waals surface area contributed by atoms with Crippen LogP contribution in [0.5, 0.6) is 0 Å². The highest BCUT2D eigenvalue weighted by molar-refractivity contribution is 7.66. The summed E-state index contributed by atoms with van der Waals surface area (Å²) in [5.74, 6) is -0.125. The fraction of sp³-hybridized carbons (Fsp3) is 0.333. The van der Waals surface area contributed by atoms with Crippen LogP contribution >= 0.6 is 23.5 Å². The Kier molecular flexibility index (Phi) is 8.74. The molecule has 202 valence electrons. The van der Waals surface area contributed by atoms with Gasteiger partial charge in [-0.15, -0.1) is 0 Å². The molecular formula is C15H19N6O13P3. The lowest BCUT2D eigenvalue weighted by Crippen LogP contribution is -2.29. The molecule has 0 spiro atoms. The van der Waals surface area contributed by atoms with Crippen LogP contribution in [0.25, 0.3) is 21.6 Å². The van der Waals surface area contributed by atoms with Gasteiger partial charge in [-0.1, -0.05) is 29.4 Å². The van der Waals surface area contributed by atoms with Crippen LogP contribution in [0.2, 0.25) is 0 Å². The van der Waals surface area contributed by atoms with Gasteiger partial charge in [0, 0.05) is 28.8 Å². The van der Waals surface area contributed by atoms with Crippen LogP contribution < -0.4 is 11.4 Å². The second kappa shape index (κ2) is 11.1. The fourth-order valence-electron chi connectivity index (χ4n) is 3.18. The van der Waals surface area contributed by atoms with Crippen LogP contribution in [0.3, 0.4) is 0 Å². The summed E-state index contributed by atoms with van der Waals surface area (Å²) in [5.41, 5.74) is 14.6. The molecule has 2 unspecified atom stereocenters. The Morgan fingerprint density at radius 1 is 1.16 bits per heavy atom. The van der Waals surface area contributed by atoms with Crippen molar-refractivity contribution in [1.29, 1.82) is 0 Å². The summed E-state index contributed by atoms with van der Waals surface area (Å²) in [5, 5.41) is 13.7. The van der Waals surface area contributed by atoms with E-state index >= 15 is 0 Å². The van der Waals surface area contributed by atoms with E-state index in [2.05, 4.69) is 28.2 Å². The molecule has 5 atom stereocenters. The molecule has 22 heteroatoms. The summed E-state index contributed by atoms with van der Waals surface area (Å²) in [6.07, 6.45) is -2.79. The second-order valence-corrected chi connectivity index (χ2v) is 11.7. The molecule has 1 saturated heterocycles. The van der Waals surface area contributed by atoms with Gasteiger partial charge in [-0.2, -0.15) is 13.6 Å². The lowest BCUT2D eigenvalue weighted by molar-refractivity contribution is -0.0449. The smallest absolute Gasteiger partial charge is 0.390 e. The van der Waals surface area contributed by atoms with Gasteiger partial charge in [0.25, 0.3) is 0 Å². The first-order valence-electron chi connectivity index (χ1n) is 9.75. The maximum absolute atomic E-state index is 12.4. The van der Waals surface area contributed by atoms with Crippen molar-refractivity contribution < 1.29 is 56.3 Å². The number of anilines is 1. The van der Waals surface area contributed by atoms with Crippen molar-refractivity contribution in [2.24, 2.45) is 5.11 Å². The summed E-state index contributed by atoms with van der Waals surface area (Å²) in [6, 6.07) is 6.11. The first-order valence-corrected chi connectivity index (χ1v) is 14.3. The van der Waals surface area contributed by atoms with Gasteiger partial charge in [0.15, 0.2) is 0 Å². The van der Waals surface area contributed by atoms with Gasteiger partial charge < -0.3 is 35.2 Å². The summed E-state index contributed by atoms with van der Waals surface area (Å²) in [7, 11) is -16.7. The zero-order valence-corrected chi connectivity index (χ0v) is 20.9. The van der Waals surface area contributed by atoms with Crippen molar-refractivity contribution in [2.75, 3.05) is 12.3 Å². The molecule has 0 radical (unpaired) electrons. The number of aliphatic hydroxyl groups excluding tert-OH is 1.